The fraction of sp³-hybridized carbons (Fsp3) is 0.611. The standard InChI is InChI=1S/C18H25NO/c1-2-3-11-19(17-9-10-17)13-18(20)16-8-7-14-5-4-6-15(14)12-16/h7-8,12,17H,2-6,9-11,13H2,1H3. The topological polar surface area (TPSA) is 20.3 Å². The number of unbranched alkanes of at least 4 members (excludes halogenated alkanes) is 1. The van der Waals surface area contributed by atoms with Crippen molar-refractivity contribution in [1.29, 1.82) is 0 Å². The second kappa shape index (κ2) is 6.09. The molecule has 3 rings (SSSR count). The van der Waals surface area contributed by atoms with Crippen molar-refractivity contribution in [3.05, 3.63) is 34.9 Å². The van der Waals surface area contributed by atoms with Gasteiger partial charge < -0.3 is 0 Å². The molecular weight excluding hydrogens is 246 g/mol. The number of aryl methyl sites for hydroxylation is 2. The first-order valence-electron chi connectivity index (χ1n) is 8.17. The molecule has 2 heteroatoms. The number of fused-ring (bicyclic) bond motifs is 1. The van der Waals surface area contributed by atoms with E-state index >= 15 is 0 Å². The first-order valence-corrected chi connectivity index (χ1v) is 8.17. The van der Waals surface area contributed by atoms with Crippen LogP contribution >= 0.6 is 0 Å². The van der Waals surface area contributed by atoms with Gasteiger partial charge >= 0.3 is 0 Å². The van der Waals surface area contributed by atoms with E-state index in [4.69, 9.17) is 0 Å². The molecule has 0 amide bonds. The van der Waals surface area contributed by atoms with Gasteiger partial charge in [0.1, 0.15) is 0 Å². The maximum Gasteiger partial charge on any atom is 0.176 e. The molecule has 0 aromatic heterocycles. The fourth-order valence-electron chi connectivity index (χ4n) is 3.21. The van der Waals surface area contributed by atoms with Gasteiger partial charge in [-0.2, -0.15) is 0 Å². The van der Waals surface area contributed by atoms with Crippen LogP contribution in [0.5, 0.6) is 0 Å². The lowest BCUT2D eigenvalue weighted by atomic mass is 10.0. The van der Waals surface area contributed by atoms with Gasteiger partial charge in [0, 0.05) is 11.6 Å². The maximum atomic E-state index is 12.5. The quantitative estimate of drug-likeness (QED) is 0.706. The molecule has 1 saturated carbocycles. The van der Waals surface area contributed by atoms with Crippen molar-refractivity contribution in [2.75, 3.05) is 13.1 Å². The van der Waals surface area contributed by atoms with Crippen LogP contribution in [0.4, 0.5) is 0 Å². The third-order valence-corrected chi connectivity index (χ3v) is 4.63. The molecule has 20 heavy (non-hydrogen) atoms. The summed E-state index contributed by atoms with van der Waals surface area (Å²) in [6.45, 7) is 3.91. The average Bonchev–Trinajstić information content (AvgIpc) is 3.20. The molecule has 0 bridgehead atoms. The Labute approximate surface area is 122 Å². The lowest BCUT2D eigenvalue weighted by molar-refractivity contribution is 0.0923. The number of hydrogen-bond donors (Lipinski definition) is 0. The molecule has 2 aliphatic rings. The number of Topliss-reactive ketones (excluding diaryl/α,β-unsaturated/α-hetero) is 1. The Hall–Kier alpha value is -1.15. The lowest BCUT2D eigenvalue weighted by Gasteiger charge is -2.21. The molecule has 0 atom stereocenters. The van der Waals surface area contributed by atoms with E-state index in [1.807, 2.05) is 6.07 Å². The van der Waals surface area contributed by atoms with E-state index in [1.54, 1.807) is 0 Å². The smallest absolute Gasteiger partial charge is 0.176 e. The number of hydrogen-bond acceptors (Lipinski definition) is 2. The Morgan fingerprint density at radius 1 is 1.25 bits per heavy atom. The van der Waals surface area contributed by atoms with Crippen LogP contribution in [-0.2, 0) is 12.8 Å². The van der Waals surface area contributed by atoms with E-state index in [9.17, 15) is 4.79 Å². The highest BCUT2D eigenvalue weighted by molar-refractivity contribution is 5.98. The van der Waals surface area contributed by atoms with Crippen LogP contribution < -0.4 is 0 Å². The number of carbonyl (C=O) groups excluding carboxylic acids is 1. The van der Waals surface area contributed by atoms with Crippen LogP contribution in [0.1, 0.15) is 60.5 Å². The third kappa shape index (κ3) is 3.12. The Bertz CT molecular complexity index is 490. The first kappa shape index (κ1) is 13.8. The molecule has 108 valence electrons. The Morgan fingerprint density at radius 2 is 2.05 bits per heavy atom. The summed E-state index contributed by atoms with van der Waals surface area (Å²) in [7, 11) is 0. The normalized spacial score (nSPS) is 17.5. The molecule has 0 saturated heterocycles. The van der Waals surface area contributed by atoms with Crippen molar-refractivity contribution in [2.24, 2.45) is 0 Å². The zero-order valence-electron chi connectivity index (χ0n) is 12.5. The minimum absolute atomic E-state index is 0.308. The average molecular weight is 271 g/mol. The minimum atomic E-state index is 0.308. The third-order valence-electron chi connectivity index (χ3n) is 4.63. The first-order chi connectivity index (χ1) is 9.78. The second-order valence-electron chi connectivity index (χ2n) is 6.32. The molecule has 0 spiro atoms. The van der Waals surface area contributed by atoms with Gasteiger partial charge in [-0.3, -0.25) is 9.69 Å². The lowest BCUT2D eigenvalue weighted by Crippen LogP contribution is -2.32. The summed E-state index contributed by atoms with van der Waals surface area (Å²) in [6.07, 6.45) is 8.55. The largest absolute Gasteiger partial charge is 0.293 e. The van der Waals surface area contributed by atoms with Crippen LogP contribution in [0, 0.1) is 0 Å². The van der Waals surface area contributed by atoms with Crippen molar-refractivity contribution in [1.82, 2.24) is 4.90 Å². The van der Waals surface area contributed by atoms with Crippen LogP contribution in [0.15, 0.2) is 18.2 Å². The van der Waals surface area contributed by atoms with Crippen molar-refractivity contribution >= 4 is 5.78 Å². The number of carbonyl (C=O) groups is 1. The molecule has 2 aliphatic carbocycles. The van der Waals surface area contributed by atoms with Gasteiger partial charge in [0.05, 0.1) is 6.54 Å². The summed E-state index contributed by atoms with van der Waals surface area (Å²) in [4.78, 5) is 14.9. The van der Waals surface area contributed by atoms with E-state index in [1.165, 1.54) is 49.7 Å². The second-order valence-corrected chi connectivity index (χ2v) is 6.32. The van der Waals surface area contributed by atoms with Crippen LogP contribution in [0.3, 0.4) is 0 Å². The van der Waals surface area contributed by atoms with E-state index in [2.05, 4.69) is 24.0 Å². The van der Waals surface area contributed by atoms with Crippen molar-refractivity contribution in [2.45, 2.75) is 57.9 Å². The fourth-order valence-corrected chi connectivity index (χ4v) is 3.21. The van der Waals surface area contributed by atoms with Gasteiger partial charge in [-0.1, -0.05) is 25.5 Å². The van der Waals surface area contributed by atoms with Gasteiger partial charge in [0.15, 0.2) is 5.78 Å². The molecule has 1 fully saturated rings. The predicted octanol–water partition coefficient (Wildman–Crippen LogP) is 3.62. The summed E-state index contributed by atoms with van der Waals surface area (Å²) in [5.41, 5.74) is 3.78. The van der Waals surface area contributed by atoms with Gasteiger partial charge in [0.25, 0.3) is 0 Å². The maximum absolute atomic E-state index is 12.5. The molecule has 0 heterocycles. The molecular formula is C18H25NO. The number of benzene rings is 1. The number of rotatable bonds is 7. The molecule has 2 nitrogen and oxygen atoms in total. The van der Waals surface area contributed by atoms with E-state index in [0.717, 1.165) is 18.5 Å². The zero-order valence-corrected chi connectivity index (χ0v) is 12.5. The van der Waals surface area contributed by atoms with Crippen molar-refractivity contribution in [3.63, 3.8) is 0 Å². The van der Waals surface area contributed by atoms with Crippen LogP contribution in [0.2, 0.25) is 0 Å². The summed E-state index contributed by atoms with van der Waals surface area (Å²) in [6, 6.07) is 7.04. The summed E-state index contributed by atoms with van der Waals surface area (Å²) < 4.78 is 0. The van der Waals surface area contributed by atoms with Gasteiger partial charge in [0.2, 0.25) is 0 Å². The highest BCUT2D eigenvalue weighted by atomic mass is 16.1. The Balaban J connectivity index is 1.65. The molecule has 1 aromatic rings. The zero-order chi connectivity index (χ0) is 13.9. The monoisotopic (exact) mass is 271 g/mol. The minimum Gasteiger partial charge on any atom is -0.293 e. The van der Waals surface area contributed by atoms with E-state index in [0.29, 0.717) is 18.4 Å². The molecule has 1 aromatic carbocycles. The van der Waals surface area contributed by atoms with Crippen molar-refractivity contribution in [3.8, 4) is 0 Å². The summed E-state index contributed by atoms with van der Waals surface area (Å²) in [5, 5.41) is 0. The molecule has 0 radical (unpaired) electrons. The highest BCUT2D eigenvalue weighted by Crippen LogP contribution is 2.28. The van der Waals surface area contributed by atoms with Crippen LogP contribution in [-0.4, -0.2) is 29.8 Å². The SMILES string of the molecule is CCCCN(CC(=O)c1ccc2c(c1)CCC2)C1CC1. The molecule has 0 aliphatic heterocycles. The summed E-state index contributed by atoms with van der Waals surface area (Å²) >= 11 is 0. The Morgan fingerprint density at radius 3 is 2.80 bits per heavy atom. The van der Waals surface area contributed by atoms with Gasteiger partial charge in [-0.25, -0.2) is 0 Å². The van der Waals surface area contributed by atoms with Crippen molar-refractivity contribution < 1.29 is 4.79 Å². The predicted molar refractivity (Wildman–Crippen MR) is 82.3 cm³/mol. The summed E-state index contributed by atoms with van der Waals surface area (Å²) in [5.74, 6) is 0.308. The molecule has 0 N–H and O–H groups in total. The van der Waals surface area contributed by atoms with E-state index < -0.39 is 0 Å². The molecule has 0 unspecified atom stereocenters. The van der Waals surface area contributed by atoms with E-state index in [-0.39, 0.29) is 0 Å². The Kier molecular flexibility index (Phi) is 4.21. The van der Waals surface area contributed by atoms with Crippen LogP contribution in [0.25, 0.3) is 0 Å². The number of ketones is 1. The highest BCUT2D eigenvalue weighted by Gasteiger charge is 2.30. The van der Waals surface area contributed by atoms with Gasteiger partial charge in [-0.15, -0.1) is 0 Å². The number of nitrogens with zero attached hydrogens (tertiary/aromatic N) is 1. The van der Waals surface area contributed by atoms with Gasteiger partial charge in [-0.05, 0) is 62.3 Å².